The van der Waals surface area contributed by atoms with Gasteiger partial charge in [0.15, 0.2) is 0 Å². The van der Waals surface area contributed by atoms with E-state index in [-0.39, 0.29) is 11.9 Å². The Morgan fingerprint density at radius 3 is 2.95 bits per heavy atom. The molecular weight excluding hydrogens is 240 g/mol. The van der Waals surface area contributed by atoms with E-state index in [2.05, 4.69) is 20.2 Å². The molecule has 2 unspecified atom stereocenters. The predicted octanol–water partition coefficient (Wildman–Crippen LogP) is 1.01. The van der Waals surface area contributed by atoms with Crippen LogP contribution in [0.25, 0.3) is 0 Å². The minimum Gasteiger partial charge on any atom is -0.348 e. The lowest BCUT2D eigenvalue weighted by atomic mass is 10.0. The molecule has 102 valence electrons. The monoisotopic (exact) mass is 260 g/mol. The topological polar surface area (TPSA) is 59.0 Å². The fourth-order valence-corrected chi connectivity index (χ4v) is 2.88. The van der Waals surface area contributed by atoms with E-state index >= 15 is 0 Å². The number of nitrogens with one attached hydrogen (secondary N) is 2. The molecule has 1 aromatic rings. The minimum absolute atomic E-state index is 0.0912. The Balaban J connectivity index is 1.67. The van der Waals surface area contributed by atoms with E-state index in [0.29, 0.717) is 6.04 Å². The smallest absolute Gasteiger partial charge is 0.247 e. The van der Waals surface area contributed by atoms with Gasteiger partial charge in [0, 0.05) is 37.1 Å². The summed E-state index contributed by atoms with van der Waals surface area (Å²) >= 11 is 0. The zero-order valence-corrected chi connectivity index (χ0v) is 11.2. The Bertz CT molecular complexity index is 486. The van der Waals surface area contributed by atoms with Gasteiger partial charge in [-0.2, -0.15) is 0 Å². The molecule has 0 aromatic carbocycles. The largest absolute Gasteiger partial charge is 0.348 e. The van der Waals surface area contributed by atoms with Gasteiger partial charge in [-0.25, -0.2) is 4.98 Å². The molecule has 2 fully saturated rings. The standard InChI is InChI=1S/C14H20N4O/c1-10(11-7-16-8-11)14(19)17-12-3-2-4-13(12)18-6-5-15-9-18/h5-6,9,12-13,16H,2-4,7-8H2,1H3,(H,17,19). The molecule has 2 aliphatic rings. The first-order chi connectivity index (χ1) is 9.25. The van der Waals surface area contributed by atoms with Crippen LogP contribution in [0, 0.1) is 0 Å². The summed E-state index contributed by atoms with van der Waals surface area (Å²) < 4.78 is 2.12. The third-order valence-corrected chi connectivity index (χ3v) is 4.25. The zero-order chi connectivity index (χ0) is 13.2. The number of carbonyl (C=O) groups excluding carboxylic acids is 1. The lowest BCUT2D eigenvalue weighted by molar-refractivity contribution is -0.118. The van der Waals surface area contributed by atoms with Crippen molar-refractivity contribution in [2.45, 2.75) is 38.3 Å². The second kappa shape index (κ2) is 5.17. The highest BCUT2D eigenvalue weighted by atomic mass is 16.1. The molecule has 1 aliphatic carbocycles. The molecule has 1 aromatic heterocycles. The zero-order valence-electron chi connectivity index (χ0n) is 11.2. The quantitative estimate of drug-likeness (QED) is 0.798. The molecule has 0 radical (unpaired) electrons. The number of hydrogen-bond donors (Lipinski definition) is 2. The van der Waals surface area contributed by atoms with Gasteiger partial charge in [-0.15, -0.1) is 0 Å². The Morgan fingerprint density at radius 1 is 1.47 bits per heavy atom. The third-order valence-electron chi connectivity index (χ3n) is 4.25. The van der Waals surface area contributed by atoms with E-state index < -0.39 is 0 Å². The van der Waals surface area contributed by atoms with Gasteiger partial charge in [0.25, 0.3) is 0 Å². The molecule has 1 saturated heterocycles. The van der Waals surface area contributed by atoms with Gasteiger partial charge in [0.05, 0.1) is 12.4 Å². The second-order valence-corrected chi connectivity index (χ2v) is 5.42. The Morgan fingerprint density at radius 2 is 2.32 bits per heavy atom. The first-order valence-electron chi connectivity index (χ1n) is 6.93. The molecule has 5 heteroatoms. The number of carbonyl (C=O) groups is 1. The summed E-state index contributed by atoms with van der Waals surface area (Å²) in [6, 6.07) is 0.578. The fraction of sp³-hybridized carbons (Fsp3) is 0.571. The Kier molecular flexibility index (Phi) is 3.38. The van der Waals surface area contributed by atoms with Crippen LogP contribution in [0.15, 0.2) is 29.9 Å². The average Bonchev–Trinajstić information content (AvgIpc) is 2.95. The molecule has 2 heterocycles. The predicted molar refractivity (Wildman–Crippen MR) is 72.6 cm³/mol. The van der Waals surface area contributed by atoms with Crippen LogP contribution in [0.5, 0.6) is 0 Å². The summed E-state index contributed by atoms with van der Waals surface area (Å²) in [5.74, 6) is 0.0912. The lowest BCUT2D eigenvalue weighted by Crippen LogP contribution is -2.41. The maximum atomic E-state index is 12.2. The molecule has 5 nitrogen and oxygen atoms in total. The number of amides is 1. The number of nitrogens with zero attached hydrogens (tertiary/aromatic N) is 2. The van der Waals surface area contributed by atoms with E-state index in [1.54, 1.807) is 6.20 Å². The summed E-state index contributed by atoms with van der Waals surface area (Å²) in [4.78, 5) is 16.3. The van der Waals surface area contributed by atoms with Crippen molar-refractivity contribution in [2.24, 2.45) is 0 Å². The van der Waals surface area contributed by atoms with Gasteiger partial charge in [0.1, 0.15) is 0 Å². The maximum Gasteiger partial charge on any atom is 0.247 e. The highest BCUT2D eigenvalue weighted by Crippen LogP contribution is 2.30. The van der Waals surface area contributed by atoms with Crippen molar-refractivity contribution in [2.75, 3.05) is 13.1 Å². The number of rotatable bonds is 3. The van der Waals surface area contributed by atoms with Crippen LogP contribution in [0.2, 0.25) is 0 Å². The van der Waals surface area contributed by atoms with E-state index in [4.69, 9.17) is 0 Å². The normalized spacial score (nSPS) is 26.1. The van der Waals surface area contributed by atoms with Gasteiger partial charge in [-0.1, -0.05) is 0 Å². The molecule has 2 N–H and O–H groups in total. The lowest BCUT2D eigenvalue weighted by Gasteiger charge is -2.25. The van der Waals surface area contributed by atoms with Gasteiger partial charge in [-0.05, 0) is 31.8 Å². The number of imidazole rings is 1. The third kappa shape index (κ3) is 2.42. The van der Waals surface area contributed by atoms with Crippen LogP contribution in [0.1, 0.15) is 32.2 Å². The Hall–Kier alpha value is -1.62. The van der Waals surface area contributed by atoms with E-state index in [9.17, 15) is 4.79 Å². The molecule has 19 heavy (non-hydrogen) atoms. The first kappa shape index (κ1) is 12.4. The van der Waals surface area contributed by atoms with Gasteiger partial charge < -0.3 is 15.2 Å². The molecule has 1 amide bonds. The average molecular weight is 260 g/mol. The van der Waals surface area contributed by atoms with Crippen molar-refractivity contribution >= 4 is 5.91 Å². The summed E-state index contributed by atoms with van der Waals surface area (Å²) in [7, 11) is 0. The van der Waals surface area contributed by atoms with Crippen molar-refractivity contribution in [3.8, 4) is 0 Å². The maximum absolute atomic E-state index is 12.2. The van der Waals surface area contributed by atoms with E-state index in [1.165, 1.54) is 5.57 Å². The summed E-state index contributed by atoms with van der Waals surface area (Å²) in [6.07, 6.45) is 8.94. The SMILES string of the molecule is CC(C(=O)NC1CCCC1n1ccnc1)=C1CNC1. The van der Waals surface area contributed by atoms with Crippen molar-refractivity contribution < 1.29 is 4.79 Å². The highest BCUT2D eigenvalue weighted by Gasteiger charge is 2.30. The fourth-order valence-electron chi connectivity index (χ4n) is 2.88. The van der Waals surface area contributed by atoms with Crippen LogP contribution in [0.4, 0.5) is 0 Å². The molecular formula is C14H20N4O. The van der Waals surface area contributed by atoms with E-state index in [1.807, 2.05) is 19.4 Å². The number of hydrogen-bond acceptors (Lipinski definition) is 3. The molecule has 3 rings (SSSR count). The van der Waals surface area contributed by atoms with Gasteiger partial charge in [0.2, 0.25) is 5.91 Å². The molecule has 0 bridgehead atoms. The summed E-state index contributed by atoms with van der Waals surface area (Å²) in [5, 5.41) is 6.36. The second-order valence-electron chi connectivity index (χ2n) is 5.42. The van der Waals surface area contributed by atoms with Crippen molar-refractivity contribution in [3.63, 3.8) is 0 Å². The minimum atomic E-state index is 0.0912. The molecule has 2 atom stereocenters. The van der Waals surface area contributed by atoms with Gasteiger partial charge in [-0.3, -0.25) is 4.79 Å². The highest BCUT2D eigenvalue weighted by molar-refractivity contribution is 5.94. The van der Waals surface area contributed by atoms with Crippen LogP contribution >= 0.6 is 0 Å². The van der Waals surface area contributed by atoms with Gasteiger partial charge >= 0.3 is 0 Å². The van der Waals surface area contributed by atoms with Crippen LogP contribution in [0.3, 0.4) is 0 Å². The first-order valence-corrected chi connectivity index (χ1v) is 6.93. The summed E-state index contributed by atoms with van der Waals surface area (Å²) in [6.45, 7) is 3.64. The molecule has 1 aliphatic heterocycles. The summed E-state index contributed by atoms with van der Waals surface area (Å²) in [5.41, 5.74) is 2.12. The molecule has 1 saturated carbocycles. The van der Waals surface area contributed by atoms with Crippen molar-refractivity contribution in [3.05, 3.63) is 29.9 Å². The van der Waals surface area contributed by atoms with Crippen molar-refractivity contribution in [1.82, 2.24) is 20.2 Å². The van der Waals surface area contributed by atoms with Crippen LogP contribution in [-0.2, 0) is 4.79 Å². The molecule has 0 spiro atoms. The van der Waals surface area contributed by atoms with Crippen molar-refractivity contribution in [1.29, 1.82) is 0 Å². The van der Waals surface area contributed by atoms with Crippen LogP contribution in [-0.4, -0.2) is 34.6 Å². The Labute approximate surface area is 113 Å². The van der Waals surface area contributed by atoms with Crippen LogP contribution < -0.4 is 10.6 Å². The number of aromatic nitrogens is 2. The van der Waals surface area contributed by atoms with E-state index in [0.717, 1.165) is 37.9 Å².